The number of piperidine rings is 1. The van der Waals surface area contributed by atoms with Gasteiger partial charge in [0.05, 0.1) is 6.20 Å². The molecule has 2 aromatic rings. The van der Waals surface area contributed by atoms with Crippen molar-refractivity contribution in [2.24, 2.45) is 5.92 Å². The van der Waals surface area contributed by atoms with Gasteiger partial charge in [-0.15, -0.1) is 0 Å². The van der Waals surface area contributed by atoms with Gasteiger partial charge in [0.1, 0.15) is 5.82 Å². The second kappa shape index (κ2) is 8.07. The molecular formula is C20H22N4O3. The number of nitrogens with one attached hydrogen (secondary N) is 1. The van der Waals surface area contributed by atoms with Gasteiger partial charge in [-0.3, -0.25) is 9.78 Å². The fourth-order valence-corrected chi connectivity index (χ4v) is 3.31. The number of nitrogens with zero attached hydrogens (tertiary/aromatic N) is 3. The zero-order chi connectivity index (χ0) is 18.5. The van der Waals surface area contributed by atoms with Gasteiger partial charge in [-0.2, -0.15) is 0 Å². The highest BCUT2D eigenvalue weighted by Gasteiger charge is 2.20. The molecule has 4 rings (SSSR count). The Labute approximate surface area is 158 Å². The first-order chi connectivity index (χ1) is 13.3. The maximum absolute atomic E-state index is 12.1. The van der Waals surface area contributed by atoms with Crippen LogP contribution in [-0.2, 0) is 4.79 Å². The van der Waals surface area contributed by atoms with E-state index in [1.54, 1.807) is 30.7 Å². The average Bonchev–Trinajstić information content (AvgIpc) is 3.19. The van der Waals surface area contributed by atoms with Gasteiger partial charge in [0.2, 0.25) is 12.7 Å². The Balaban J connectivity index is 1.22. The Morgan fingerprint density at radius 1 is 1.22 bits per heavy atom. The minimum atomic E-state index is -0.0796. The zero-order valence-corrected chi connectivity index (χ0v) is 15.0. The highest BCUT2D eigenvalue weighted by Crippen LogP contribution is 2.32. The summed E-state index contributed by atoms with van der Waals surface area (Å²) in [6.45, 7) is 2.82. The largest absolute Gasteiger partial charge is 0.454 e. The second-order valence-corrected chi connectivity index (χ2v) is 6.69. The minimum Gasteiger partial charge on any atom is -0.454 e. The SMILES string of the molecule is O=C(C=Cc1ccc2c(c1)OCO2)NCC1CCN(c2cnccn2)CC1. The van der Waals surface area contributed by atoms with Crippen molar-refractivity contribution in [3.8, 4) is 11.5 Å². The lowest BCUT2D eigenvalue weighted by molar-refractivity contribution is -0.116. The molecule has 0 bridgehead atoms. The smallest absolute Gasteiger partial charge is 0.244 e. The summed E-state index contributed by atoms with van der Waals surface area (Å²) in [5.41, 5.74) is 0.909. The number of carbonyl (C=O) groups excluding carboxylic acids is 1. The number of anilines is 1. The van der Waals surface area contributed by atoms with Crippen LogP contribution in [0.1, 0.15) is 18.4 Å². The average molecular weight is 366 g/mol. The van der Waals surface area contributed by atoms with Gasteiger partial charge in [0.15, 0.2) is 11.5 Å². The standard InChI is InChI=1S/C20H22N4O3/c25-20(4-2-15-1-3-17-18(11-15)27-14-26-17)23-12-16-5-9-24(10-6-16)19-13-21-7-8-22-19/h1-4,7-8,11,13,16H,5-6,9-10,12,14H2,(H,23,25). The monoisotopic (exact) mass is 366 g/mol. The van der Waals surface area contributed by atoms with Crippen molar-refractivity contribution in [2.75, 3.05) is 31.3 Å². The van der Waals surface area contributed by atoms with Gasteiger partial charge in [0.25, 0.3) is 0 Å². The molecule has 27 heavy (non-hydrogen) atoms. The molecule has 0 aliphatic carbocycles. The Morgan fingerprint density at radius 3 is 2.89 bits per heavy atom. The Hall–Kier alpha value is -3.09. The molecule has 3 heterocycles. The van der Waals surface area contributed by atoms with Crippen LogP contribution in [0.15, 0.2) is 42.9 Å². The molecule has 1 fully saturated rings. The maximum Gasteiger partial charge on any atom is 0.244 e. The number of ether oxygens (including phenoxy) is 2. The summed E-state index contributed by atoms with van der Waals surface area (Å²) in [7, 11) is 0. The number of aromatic nitrogens is 2. The van der Waals surface area contributed by atoms with Crippen LogP contribution in [0.3, 0.4) is 0 Å². The number of hydrogen-bond donors (Lipinski definition) is 1. The molecule has 0 radical (unpaired) electrons. The lowest BCUT2D eigenvalue weighted by Gasteiger charge is -2.32. The van der Waals surface area contributed by atoms with Gasteiger partial charge < -0.3 is 19.7 Å². The summed E-state index contributed by atoms with van der Waals surface area (Å²) in [5.74, 6) is 2.79. The summed E-state index contributed by atoms with van der Waals surface area (Å²) < 4.78 is 10.6. The van der Waals surface area contributed by atoms with E-state index in [-0.39, 0.29) is 12.7 Å². The predicted octanol–water partition coefficient (Wildman–Crippen LogP) is 2.25. The molecular weight excluding hydrogens is 344 g/mol. The lowest BCUT2D eigenvalue weighted by Crippen LogP contribution is -2.38. The normalized spacial score (nSPS) is 16.7. The van der Waals surface area contributed by atoms with Gasteiger partial charge in [-0.1, -0.05) is 6.07 Å². The van der Waals surface area contributed by atoms with E-state index in [0.717, 1.165) is 43.1 Å². The molecule has 0 spiro atoms. The van der Waals surface area contributed by atoms with Gasteiger partial charge >= 0.3 is 0 Å². The Morgan fingerprint density at radius 2 is 2.07 bits per heavy atom. The number of fused-ring (bicyclic) bond motifs is 1. The van der Waals surface area contributed by atoms with Crippen molar-refractivity contribution in [1.29, 1.82) is 0 Å². The highest BCUT2D eigenvalue weighted by atomic mass is 16.7. The van der Waals surface area contributed by atoms with Crippen molar-refractivity contribution in [1.82, 2.24) is 15.3 Å². The van der Waals surface area contributed by atoms with Crippen LogP contribution in [0.4, 0.5) is 5.82 Å². The molecule has 0 saturated carbocycles. The van der Waals surface area contributed by atoms with E-state index in [9.17, 15) is 4.79 Å². The molecule has 2 aliphatic heterocycles. The van der Waals surface area contributed by atoms with E-state index < -0.39 is 0 Å². The third-order valence-electron chi connectivity index (χ3n) is 4.88. The van der Waals surface area contributed by atoms with Crippen LogP contribution in [0.25, 0.3) is 6.08 Å². The van der Waals surface area contributed by atoms with E-state index in [2.05, 4.69) is 20.2 Å². The molecule has 0 atom stereocenters. The van der Waals surface area contributed by atoms with Crippen LogP contribution in [-0.4, -0.2) is 42.3 Å². The van der Waals surface area contributed by atoms with Crippen molar-refractivity contribution >= 4 is 17.8 Å². The molecule has 7 nitrogen and oxygen atoms in total. The minimum absolute atomic E-state index is 0.0796. The number of rotatable bonds is 5. The third-order valence-corrected chi connectivity index (χ3v) is 4.88. The fourth-order valence-electron chi connectivity index (χ4n) is 3.31. The summed E-state index contributed by atoms with van der Waals surface area (Å²) in [5, 5.41) is 3.00. The number of carbonyl (C=O) groups is 1. The Bertz CT molecular complexity index is 817. The number of benzene rings is 1. The van der Waals surface area contributed by atoms with E-state index in [1.165, 1.54) is 0 Å². The molecule has 0 unspecified atom stereocenters. The topological polar surface area (TPSA) is 76.6 Å². The van der Waals surface area contributed by atoms with E-state index >= 15 is 0 Å². The first-order valence-corrected chi connectivity index (χ1v) is 9.14. The number of amides is 1. The van der Waals surface area contributed by atoms with Crippen molar-refractivity contribution in [2.45, 2.75) is 12.8 Å². The molecule has 140 valence electrons. The van der Waals surface area contributed by atoms with Crippen LogP contribution in [0, 0.1) is 5.92 Å². The number of hydrogen-bond acceptors (Lipinski definition) is 6. The van der Waals surface area contributed by atoms with E-state index in [1.807, 2.05) is 18.2 Å². The summed E-state index contributed by atoms with van der Waals surface area (Å²) in [6, 6.07) is 5.62. The summed E-state index contributed by atoms with van der Waals surface area (Å²) >= 11 is 0. The van der Waals surface area contributed by atoms with Crippen LogP contribution in [0.5, 0.6) is 11.5 Å². The fraction of sp³-hybridized carbons (Fsp3) is 0.350. The molecule has 1 aromatic heterocycles. The Kier molecular flexibility index (Phi) is 5.18. The first-order valence-electron chi connectivity index (χ1n) is 9.14. The third kappa shape index (κ3) is 4.36. The van der Waals surface area contributed by atoms with E-state index in [0.29, 0.717) is 18.2 Å². The van der Waals surface area contributed by atoms with Gasteiger partial charge in [-0.25, -0.2) is 4.98 Å². The van der Waals surface area contributed by atoms with Crippen LogP contribution < -0.4 is 19.7 Å². The molecule has 1 amide bonds. The zero-order valence-electron chi connectivity index (χ0n) is 15.0. The highest BCUT2D eigenvalue weighted by molar-refractivity contribution is 5.91. The second-order valence-electron chi connectivity index (χ2n) is 6.69. The quantitative estimate of drug-likeness (QED) is 0.818. The van der Waals surface area contributed by atoms with Crippen LogP contribution >= 0.6 is 0 Å². The van der Waals surface area contributed by atoms with Gasteiger partial charge in [-0.05, 0) is 42.5 Å². The first kappa shape index (κ1) is 17.3. The van der Waals surface area contributed by atoms with Crippen molar-refractivity contribution in [3.63, 3.8) is 0 Å². The molecule has 1 aromatic carbocycles. The van der Waals surface area contributed by atoms with Crippen molar-refractivity contribution in [3.05, 3.63) is 48.4 Å². The molecule has 1 saturated heterocycles. The van der Waals surface area contributed by atoms with Gasteiger partial charge in [0, 0.05) is 38.1 Å². The lowest BCUT2D eigenvalue weighted by atomic mass is 9.97. The molecule has 1 N–H and O–H groups in total. The van der Waals surface area contributed by atoms with Crippen molar-refractivity contribution < 1.29 is 14.3 Å². The van der Waals surface area contributed by atoms with Crippen LogP contribution in [0.2, 0.25) is 0 Å². The summed E-state index contributed by atoms with van der Waals surface area (Å²) in [4.78, 5) is 22.8. The maximum atomic E-state index is 12.1. The summed E-state index contributed by atoms with van der Waals surface area (Å²) in [6.07, 6.45) is 10.6. The molecule has 7 heteroatoms. The predicted molar refractivity (Wildman–Crippen MR) is 102 cm³/mol. The van der Waals surface area contributed by atoms with E-state index in [4.69, 9.17) is 9.47 Å². The molecule has 2 aliphatic rings.